The standard InChI is InChI=1S/C16H20N2/c1-14(7-8-15-5-3-2-4-6-15)18-13-16-9-11-17-12-10-16/h2-6,9-12,14,18H,7-8,13H2,1H3/t14-/m0/s1. The molecular weight excluding hydrogens is 220 g/mol. The number of rotatable bonds is 6. The van der Waals surface area contributed by atoms with Gasteiger partial charge < -0.3 is 5.32 Å². The molecule has 2 rings (SSSR count). The van der Waals surface area contributed by atoms with Gasteiger partial charge in [-0.15, -0.1) is 0 Å². The summed E-state index contributed by atoms with van der Waals surface area (Å²) >= 11 is 0. The molecule has 0 bridgehead atoms. The van der Waals surface area contributed by atoms with Crippen LogP contribution < -0.4 is 5.32 Å². The molecule has 2 nitrogen and oxygen atoms in total. The first kappa shape index (κ1) is 12.8. The summed E-state index contributed by atoms with van der Waals surface area (Å²) in [7, 11) is 0. The fraction of sp³-hybridized carbons (Fsp3) is 0.312. The van der Waals surface area contributed by atoms with Crippen molar-refractivity contribution in [3.8, 4) is 0 Å². The van der Waals surface area contributed by atoms with E-state index in [0.717, 1.165) is 19.4 Å². The Hall–Kier alpha value is -1.67. The Labute approximate surface area is 109 Å². The van der Waals surface area contributed by atoms with Crippen LogP contribution in [0.4, 0.5) is 0 Å². The first-order valence-corrected chi connectivity index (χ1v) is 6.51. The Morgan fingerprint density at radius 1 is 1.00 bits per heavy atom. The van der Waals surface area contributed by atoms with Gasteiger partial charge in [0, 0.05) is 25.0 Å². The van der Waals surface area contributed by atoms with Crippen LogP contribution in [0.25, 0.3) is 0 Å². The first-order valence-electron chi connectivity index (χ1n) is 6.51. The molecule has 0 fully saturated rings. The third kappa shape index (κ3) is 4.30. The Balaban J connectivity index is 1.71. The highest BCUT2D eigenvalue weighted by Crippen LogP contribution is 2.05. The van der Waals surface area contributed by atoms with Crippen molar-refractivity contribution in [1.82, 2.24) is 10.3 Å². The summed E-state index contributed by atoms with van der Waals surface area (Å²) in [5, 5.41) is 3.54. The van der Waals surface area contributed by atoms with Gasteiger partial charge in [0.25, 0.3) is 0 Å². The van der Waals surface area contributed by atoms with Crippen molar-refractivity contribution in [1.29, 1.82) is 0 Å². The molecule has 1 N–H and O–H groups in total. The van der Waals surface area contributed by atoms with Crippen LogP contribution in [-0.4, -0.2) is 11.0 Å². The molecule has 94 valence electrons. The predicted molar refractivity (Wildman–Crippen MR) is 75.3 cm³/mol. The average molecular weight is 240 g/mol. The lowest BCUT2D eigenvalue weighted by atomic mass is 10.1. The van der Waals surface area contributed by atoms with E-state index < -0.39 is 0 Å². The van der Waals surface area contributed by atoms with Crippen molar-refractivity contribution in [3.63, 3.8) is 0 Å². The normalized spacial score (nSPS) is 12.3. The Morgan fingerprint density at radius 3 is 2.44 bits per heavy atom. The summed E-state index contributed by atoms with van der Waals surface area (Å²) in [4.78, 5) is 4.02. The number of nitrogens with zero attached hydrogens (tertiary/aromatic N) is 1. The number of hydrogen-bond acceptors (Lipinski definition) is 2. The molecule has 0 aliphatic rings. The first-order chi connectivity index (χ1) is 8.84. The summed E-state index contributed by atoms with van der Waals surface area (Å²) in [6.07, 6.45) is 5.97. The zero-order chi connectivity index (χ0) is 12.6. The summed E-state index contributed by atoms with van der Waals surface area (Å²) in [5.41, 5.74) is 2.70. The smallest absolute Gasteiger partial charge is 0.0271 e. The average Bonchev–Trinajstić information content (AvgIpc) is 2.45. The lowest BCUT2D eigenvalue weighted by molar-refractivity contribution is 0.514. The van der Waals surface area contributed by atoms with Gasteiger partial charge >= 0.3 is 0 Å². The van der Waals surface area contributed by atoms with Crippen LogP contribution in [0, 0.1) is 0 Å². The van der Waals surface area contributed by atoms with Gasteiger partial charge in [0.1, 0.15) is 0 Å². The summed E-state index contributed by atoms with van der Waals surface area (Å²) < 4.78 is 0. The molecule has 1 heterocycles. The van der Waals surface area contributed by atoms with E-state index in [0.29, 0.717) is 6.04 Å². The van der Waals surface area contributed by atoms with Crippen molar-refractivity contribution in [2.75, 3.05) is 0 Å². The Kier molecular flexibility index (Phi) is 4.91. The van der Waals surface area contributed by atoms with Crippen LogP contribution in [0.1, 0.15) is 24.5 Å². The largest absolute Gasteiger partial charge is 0.310 e. The van der Waals surface area contributed by atoms with Crippen molar-refractivity contribution < 1.29 is 0 Å². The lowest BCUT2D eigenvalue weighted by Crippen LogP contribution is -2.25. The Bertz CT molecular complexity index is 396. The quantitative estimate of drug-likeness (QED) is 0.838. The van der Waals surface area contributed by atoms with Gasteiger partial charge in [-0.05, 0) is 43.0 Å². The SMILES string of the molecule is C[C@@H](CCc1ccccc1)NCc1ccncc1. The van der Waals surface area contributed by atoms with Gasteiger partial charge in [-0.25, -0.2) is 0 Å². The van der Waals surface area contributed by atoms with E-state index in [-0.39, 0.29) is 0 Å². The van der Waals surface area contributed by atoms with Gasteiger partial charge in [0.15, 0.2) is 0 Å². The minimum absolute atomic E-state index is 0.526. The van der Waals surface area contributed by atoms with E-state index >= 15 is 0 Å². The van der Waals surface area contributed by atoms with Crippen LogP contribution in [0.3, 0.4) is 0 Å². The second kappa shape index (κ2) is 6.92. The maximum absolute atomic E-state index is 4.02. The zero-order valence-electron chi connectivity index (χ0n) is 10.8. The van der Waals surface area contributed by atoms with Gasteiger partial charge in [-0.3, -0.25) is 4.98 Å². The fourth-order valence-electron chi connectivity index (χ4n) is 1.92. The van der Waals surface area contributed by atoms with Crippen LogP contribution in [0.15, 0.2) is 54.9 Å². The van der Waals surface area contributed by atoms with Crippen LogP contribution in [-0.2, 0) is 13.0 Å². The zero-order valence-corrected chi connectivity index (χ0v) is 10.8. The molecule has 1 aromatic carbocycles. The highest BCUT2D eigenvalue weighted by atomic mass is 14.9. The maximum Gasteiger partial charge on any atom is 0.0271 e. The third-order valence-corrected chi connectivity index (χ3v) is 3.11. The minimum atomic E-state index is 0.526. The monoisotopic (exact) mass is 240 g/mol. The second-order valence-electron chi connectivity index (χ2n) is 4.66. The molecule has 1 atom stereocenters. The lowest BCUT2D eigenvalue weighted by Gasteiger charge is -2.13. The highest BCUT2D eigenvalue weighted by Gasteiger charge is 2.02. The molecule has 0 aliphatic heterocycles. The molecule has 1 aromatic heterocycles. The number of nitrogens with one attached hydrogen (secondary N) is 1. The van der Waals surface area contributed by atoms with Crippen molar-refractivity contribution in [2.24, 2.45) is 0 Å². The van der Waals surface area contributed by atoms with Gasteiger partial charge in [-0.1, -0.05) is 30.3 Å². The molecule has 0 aliphatic carbocycles. The Morgan fingerprint density at radius 2 is 1.72 bits per heavy atom. The van der Waals surface area contributed by atoms with E-state index in [9.17, 15) is 0 Å². The number of aryl methyl sites for hydroxylation is 1. The maximum atomic E-state index is 4.02. The fourth-order valence-corrected chi connectivity index (χ4v) is 1.92. The molecular formula is C16H20N2. The van der Waals surface area contributed by atoms with Crippen molar-refractivity contribution in [2.45, 2.75) is 32.4 Å². The van der Waals surface area contributed by atoms with Gasteiger partial charge in [0.05, 0.1) is 0 Å². The number of hydrogen-bond donors (Lipinski definition) is 1. The van der Waals surface area contributed by atoms with E-state index in [4.69, 9.17) is 0 Å². The second-order valence-corrected chi connectivity index (χ2v) is 4.66. The topological polar surface area (TPSA) is 24.9 Å². The number of pyridine rings is 1. The molecule has 2 heteroatoms. The van der Waals surface area contributed by atoms with Crippen molar-refractivity contribution in [3.05, 3.63) is 66.0 Å². The van der Waals surface area contributed by atoms with E-state index in [1.165, 1.54) is 11.1 Å². The molecule has 0 saturated heterocycles. The molecule has 0 unspecified atom stereocenters. The van der Waals surface area contributed by atoms with Crippen LogP contribution in [0.5, 0.6) is 0 Å². The molecule has 0 saturated carbocycles. The van der Waals surface area contributed by atoms with Crippen LogP contribution >= 0.6 is 0 Å². The predicted octanol–water partition coefficient (Wildman–Crippen LogP) is 3.19. The third-order valence-electron chi connectivity index (χ3n) is 3.11. The number of aromatic nitrogens is 1. The minimum Gasteiger partial charge on any atom is -0.310 e. The summed E-state index contributed by atoms with van der Waals surface area (Å²) in [5.74, 6) is 0. The molecule has 2 aromatic rings. The highest BCUT2D eigenvalue weighted by molar-refractivity contribution is 5.14. The van der Waals surface area contributed by atoms with Crippen molar-refractivity contribution >= 4 is 0 Å². The van der Waals surface area contributed by atoms with E-state index in [1.807, 2.05) is 12.4 Å². The summed E-state index contributed by atoms with van der Waals surface area (Å²) in [6, 6.07) is 15.3. The molecule has 0 radical (unpaired) electrons. The van der Waals surface area contributed by atoms with Gasteiger partial charge in [-0.2, -0.15) is 0 Å². The number of benzene rings is 1. The molecule has 18 heavy (non-hydrogen) atoms. The van der Waals surface area contributed by atoms with E-state index in [1.54, 1.807) is 0 Å². The van der Waals surface area contributed by atoms with Crippen LogP contribution in [0.2, 0.25) is 0 Å². The van der Waals surface area contributed by atoms with E-state index in [2.05, 4.69) is 59.7 Å². The summed E-state index contributed by atoms with van der Waals surface area (Å²) in [6.45, 7) is 3.16. The van der Waals surface area contributed by atoms with Gasteiger partial charge in [0.2, 0.25) is 0 Å². The molecule has 0 amide bonds. The molecule has 0 spiro atoms.